The molecule has 0 aromatic heterocycles. The molecule has 1 aliphatic heterocycles. The molecular weight excluding hydrogens is 186 g/mol. The van der Waals surface area contributed by atoms with Crippen LogP contribution in [0.25, 0.3) is 0 Å². The first-order chi connectivity index (χ1) is 7.32. The number of para-hydroxylation sites is 1. The molecule has 2 aliphatic rings. The summed E-state index contributed by atoms with van der Waals surface area (Å²) < 4.78 is 0. The molecule has 2 nitrogen and oxygen atoms in total. The van der Waals surface area contributed by atoms with Crippen LogP contribution in [-0.4, -0.2) is 12.3 Å². The van der Waals surface area contributed by atoms with Crippen molar-refractivity contribution in [1.82, 2.24) is 0 Å². The number of hydrogen-bond acceptors (Lipinski definition) is 2. The molecule has 1 fully saturated rings. The highest BCUT2D eigenvalue weighted by Crippen LogP contribution is 2.44. The SMILES string of the molecule is O=C1c2ccccc2NCC12CCCC2. The highest BCUT2D eigenvalue weighted by atomic mass is 16.1. The minimum Gasteiger partial charge on any atom is -0.383 e. The van der Waals surface area contributed by atoms with E-state index in [0.29, 0.717) is 5.78 Å². The molecule has 0 bridgehead atoms. The molecule has 0 radical (unpaired) electrons. The second kappa shape index (κ2) is 3.09. The quantitative estimate of drug-likeness (QED) is 0.699. The Balaban J connectivity index is 2.05. The second-order valence-electron chi connectivity index (χ2n) is 4.72. The van der Waals surface area contributed by atoms with Crippen LogP contribution in [0.1, 0.15) is 36.0 Å². The molecule has 1 aliphatic carbocycles. The Kier molecular flexibility index (Phi) is 1.84. The summed E-state index contributed by atoms with van der Waals surface area (Å²) in [6.07, 6.45) is 4.53. The third kappa shape index (κ3) is 1.21. The molecule has 1 aromatic rings. The number of Topliss-reactive ketones (excluding diaryl/α,β-unsaturated/α-hetero) is 1. The molecule has 3 rings (SSSR count). The van der Waals surface area contributed by atoms with Crippen LogP contribution in [0.4, 0.5) is 5.69 Å². The van der Waals surface area contributed by atoms with Crippen LogP contribution < -0.4 is 5.32 Å². The second-order valence-corrected chi connectivity index (χ2v) is 4.72. The predicted octanol–water partition coefficient (Wildman–Crippen LogP) is 2.86. The Labute approximate surface area is 89.7 Å². The molecule has 1 saturated carbocycles. The zero-order valence-electron chi connectivity index (χ0n) is 8.75. The van der Waals surface area contributed by atoms with Crippen molar-refractivity contribution >= 4 is 11.5 Å². The minimum absolute atomic E-state index is 0.0750. The number of fused-ring (bicyclic) bond motifs is 1. The van der Waals surface area contributed by atoms with E-state index in [1.165, 1.54) is 12.8 Å². The molecule has 0 unspecified atom stereocenters. The number of benzene rings is 1. The van der Waals surface area contributed by atoms with Gasteiger partial charge in [0.1, 0.15) is 0 Å². The normalized spacial score (nSPS) is 22.5. The summed E-state index contributed by atoms with van der Waals surface area (Å²) >= 11 is 0. The standard InChI is InChI=1S/C13H15NO/c15-12-10-5-1-2-6-11(10)14-9-13(12)7-3-4-8-13/h1-2,5-6,14H,3-4,7-9H2. The van der Waals surface area contributed by atoms with Gasteiger partial charge in [0.2, 0.25) is 0 Å². The lowest BCUT2D eigenvalue weighted by molar-refractivity contribution is 0.0808. The number of carbonyl (C=O) groups excluding carboxylic acids is 1. The van der Waals surface area contributed by atoms with Crippen LogP contribution in [-0.2, 0) is 0 Å². The van der Waals surface area contributed by atoms with Crippen molar-refractivity contribution in [3.63, 3.8) is 0 Å². The highest BCUT2D eigenvalue weighted by Gasteiger charge is 2.44. The topological polar surface area (TPSA) is 29.1 Å². The van der Waals surface area contributed by atoms with Crippen molar-refractivity contribution in [1.29, 1.82) is 0 Å². The lowest BCUT2D eigenvalue weighted by Gasteiger charge is -2.33. The maximum absolute atomic E-state index is 12.4. The molecule has 0 amide bonds. The maximum atomic E-state index is 12.4. The molecule has 1 heterocycles. The van der Waals surface area contributed by atoms with Gasteiger partial charge in [-0.3, -0.25) is 4.79 Å². The molecule has 1 spiro atoms. The predicted molar refractivity (Wildman–Crippen MR) is 60.2 cm³/mol. The summed E-state index contributed by atoms with van der Waals surface area (Å²) in [6, 6.07) is 7.87. The van der Waals surface area contributed by atoms with Gasteiger partial charge in [0, 0.05) is 17.8 Å². The van der Waals surface area contributed by atoms with Crippen molar-refractivity contribution in [2.24, 2.45) is 5.41 Å². The number of anilines is 1. The number of carbonyl (C=O) groups is 1. The number of nitrogens with one attached hydrogen (secondary N) is 1. The average molecular weight is 201 g/mol. The first-order valence-corrected chi connectivity index (χ1v) is 5.70. The fourth-order valence-corrected chi connectivity index (χ4v) is 2.92. The van der Waals surface area contributed by atoms with Gasteiger partial charge in [0.15, 0.2) is 5.78 Å². The van der Waals surface area contributed by atoms with Gasteiger partial charge in [-0.1, -0.05) is 25.0 Å². The Morgan fingerprint density at radius 2 is 1.87 bits per heavy atom. The van der Waals surface area contributed by atoms with E-state index in [1.54, 1.807) is 0 Å². The zero-order chi connectivity index (χ0) is 10.3. The van der Waals surface area contributed by atoms with Crippen molar-refractivity contribution in [3.8, 4) is 0 Å². The van der Waals surface area contributed by atoms with Crippen LogP contribution in [0.15, 0.2) is 24.3 Å². The van der Waals surface area contributed by atoms with E-state index in [4.69, 9.17) is 0 Å². The summed E-state index contributed by atoms with van der Waals surface area (Å²) in [4.78, 5) is 12.4. The van der Waals surface area contributed by atoms with Gasteiger partial charge in [-0.25, -0.2) is 0 Å². The lowest BCUT2D eigenvalue weighted by atomic mass is 9.76. The van der Waals surface area contributed by atoms with E-state index >= 15 is 0 Å². The summed E-state index contributed by atoms with van der Waals surface area (Å²) in [5.74, 6) is 0.370. The van der Waals surface area contributed by atoms with Crippen LogP contribution in [0.5, 0.6) is 0 Å². The highest BCUT2D eigenvalue weighted by molar-refractivity contribution is 6.07. The van der Waals surface area contributed by atoms with E-state index < -0.39 is 0 Å². The van der Waals surface area contributed by atoms with Gasteiger partial charge in [0.25, 0.3) is 0 Å². The third-order valence-electron chi connectivity index (χ3n) is 3.83. The van der Waals surface area contributed by atoms with Crippen molar-refractivity contribution in [2.75, 3.05) is 11.9 Å². The van der Waals surface area contributed by atoms with E-state index in [-0.39, 0.29) is 5.41 Å². The molecule has 2 heteroatoms. The van der Waals surface area contributed by atoms with E-state index in [1.807, 2.05) is 24.3 Å². The van der Waals surface area contributed by atoms with Gasteiger partial charge in [-0.05, 0) is 25.0 Å². The van der Waals surface area contributed by atoms with Crippen molar-refractivity contribution < 1.29 is 4.79 Å². The summed E-state index contributed by atoms with van der Waals surface area (Å²) in [6.45, 7) is 0.836. The largest absolute Gasteiger partial charge is 0.383 e. The summed E-state index contributed by atoms with van der Waals surface area (Å²) in [5, 5.41) is 3.40. The van der Waals surface area contributed by atoms with E-state index in [0.717, 1.165) is 30.6 Å². The van der Waals surface area contributed by atoms with Crippen LogP contribution in [0.2, 0.25) is 0 Å². The van der Waals surface area contributed by atoms with Crippen LogP contribution >= 0.6 is 0 Å². The van der Waals surface area contributed by atoms with Gasteiger partial charge in [0.05, 0.1) is 5.41 Å². The molecule has 1 aromatic carbocycles. The zero-order valence-corrected chi connectivity index (χ0v) is 8.75. The number of hydrogen-bond donors (Lipinski definition) is 1. The Morgan fingerprint density at radius 3 is 2.67 bits per heavy atom. The maximum Gasteiger partial charge on any atom is 0.172 e. The minimum atomic E-state index is -0.0750. The Hall–Kier alpha value is -1.31. The smallest absolute Gasteiger partial charge is 0.172 e. The first-order valence-electron chi connectivity index (χ1n) is 5.70. The molecule has 1 N–H and O–H groups in total. The van der Waals surface area contributed by atoms with Crippen LogP contribution in [0, 0.1) is 5.41 Å². The summed E-state index contributed by atoms with van der Waals surface area (Å²) in [7, 11) is 0. The van der Waals surface area contributed by atoms with E-state index in [2.05, 4.69) is 5.32 Å². The average Bonchev–Trinajstić information content (AvgIpc) is 2.74. The third-order valence-corrected chi connectivity index (χ3v) is 3.83. The van der Waals surface area contributed by atoms with Gasteiger partial charge < -0.3 is 5.32 Å². The fourth-order valence-electron chi connectivity index (χ4n) is 2.92. The molecule has 0 atom stereocenters. The van der Waals surface area contributed by atoms with Gasteiger partial charge in [-0.15, -0.1) is 0 Å². The summed E-state index contributed by atoms with van der Waals surface area (Å²) in [5.41, 5.74) is 1.83. The fraction of sp³-hybridized carbons (Fsp3) is 0.462. The molecule has 0 saturated heterocycles. The van der Waals surface area contributed by atoms with Crippen molar-refractivity contribution in [2.45, 2.75) is 25.7 Å². The van der Waals surface area contributed by atoms with Crippen molar-refractivity contribution in [3.05, 3.63) is 29.8 Å². The molecule has 78 valence electrons. The molecular formula is C13H15NO. The van der Waals surface area contributed by atoms with Gasteiger partial charge in [-0.2, -0.15) is 0 Å². The first kappa shape index (κ1) is 8.96. The lowest BCUT2D eigenvalue weighted by Crippen LogP contribution is -2.39. The number of rotatable bonds is 0. The Morgan fingerprint density at radius 1 is 1.13 bits per heavy atom. The Bertz CT molecular complexity index is 405. The molecule has 15 heavy (non-hydrogen) atoms. The monoisotopic (exact) mass is 201 g/mol. The number of ketones is 1. The van der Waals surface area contributed by atoms with Crippen LogP contribution in [0.3, 0.4) is 0 Å². The van der Waals surface area contributed by atoms with Gasteiger partial charge >= 0.3 is 0 Å². The van der Waals surface area contributed by atoms with E-state index in [9.17, 15) is 4.79 Å².